The van der Waals surface area contributed by atoms with Crippen molar-refractivity contribution in [2.24, 2.45) is 0 Å². The highest BCUT2D eigenvalue weighted by atomic mass is 32.2. The smallest absolute Gasteiger partial charge is 0.255 e. The molecule has 2 aromatic rings. The Hall–Kier alpha value is -1.59. The topological polar surface area (TPSA) is 49.3 Å². The van der Waals surface area contributed by atoms with Crippen LogP contribution >= 0.6 is 23.5 Å². The molecule has 0 aromatic heterocycles. The highest BCUT2D eigenvalue weighted by Crippen LogP contribution is 2.45. The van der Waals surface area contributed by atoms with E-state index in [1.165, 1.54) is 17.1 Å². The molecule has 2 N–H and O–H groups in total. The minimum Gasteiger partial charge on any atom is -0.506 e. The van der Waals surface area contributed by atoms with Crippen LogP contribution in [0.3, 0.4) is 0 Å². The van der Waals surface area contributed by atoms with Crippen molar-refractivity contribution in [3.63, 3.8) is 0 Å². The van der Waals surface area contributed by atoms with Crippen LogP contribution in [0.1, 0.15) is 20.5 Å². The summed E-state index contributed by atoms with van der Waals surface area (Å²) in [5.74, 6) is 2.23. The van der Waals surface area contributed by atoms with Gasteiger partial charge in [-0.3, -0.25) is 4.79 Å². The number of carbonyl (C=O) groups is 1. The summed E-state index contributed by atoms with van der Waals surface area (Å²) in [4.78, 5) is 12.2. The Balaban J connectivity index is 1.71. The highest BCUT2D eigenvalue weighted by molar-refractivity contribution is 8.19. The molecule has 108 valence electrons. The van der Waals surface area contributed by atoms with E-state index < -0.39 is 0 Å². The Morgan fingerprint density at radius 1 is 1.05 bits per heavy atom. The number of para-hydroxylation sites is 2. The molecule has 0 radical (unpaired) electrons. The highest BCUT2D eigenvalue weighted by Gasteiger charge is 2.18. The van der Waals surface area contributed by atoms with Gasteiger partial charge in [-0.05, 0) is 29.8 Å². The first-order chi connectivity index (χ1) is 10.2. The zero-order valence-electron chi connectivity index (χ0n) is 11.3. The minimum absolute atomic E-state index is 0.0706. The standard InChI is InChI=1S/C16H15NO2S2/c18-14-4-2-1-3-13(14)17-15(19)11-5-7-12(8-6-11)16-20-9-10-21-16/h1-8,16,18H,9-10H2,(H,17,19). The van der Waals surface area contributed by atoms with Crippen LogP contribution in [0, 0.1) is 0 Å². The van der Waals surface area contributed by atoms with Crippen molar-refractivity contribution in [2.75, 3.05) is 16.8 Å². The summed E-state index contributed by atoms with van der Waals surface area (Å²) in [6, 6.07) is 14.4. The van der Waals surface area contributed by atoms with E-state index in [4.69, 9.17) is 0 Å². The first-order valence-electron chi connectivity index (χ1n) is 6.66. The largest absolute Gasteiger partial charge is 0.506 e. The van der Waals surface area contributed by atoms with Crippen LogP contribution in [-0.2, 0) is 0 Å². The molecule has 5 heteroatoms. The minimum atomic E-state index is -0.213. The van der Waals surface area contributed by atoms with Crippen LogP contribution in [0.5, 0.6) is 5.75 Å². The van der Waals surface area contributed by atoms with E-state index in [0.717, 1.165) is 0 Å². The van der Waals surface area contributed by atoms with E-state index in [9.17, 15) is 9.90 Å². The average molecular weight is 317 g/mol. The van der Waals surface area contributed by atoms with Gasteiger partial charge >= 0.3 is 0 Å². The molecule has 0 spiro atoms. The van der Waals surface area contributed by atoms with Gasteiger partial charge in [-0.25, -0.2) is 0 Å². The lowest BCUT2D eigenvalue weighted by atomic mass is 10.1. The maximum Gasteiger partial charge on any atom is 0.255 e. The number of nitrogens with one attached hydrogen (secondary N) is 1. The number of hydrogen-bond donors (Lipinski definition) is 2. The summed E-state index contributed by atoms with van der Waals surface area (Å²) in [5.41, 5.74) is 2.27. The van der Waals surface area contributed by atoms with Gasteiger partial charge < -0.3 is 10.4 Å². The van der Waals surface area contributed by atoms with Gasteiger partial charge in [0.1, 0.15) is 5.75 Å². The van der Waals surface area contributed by atoms with Crippen LogP contribution in [0.25, 0.3) is 0 Å². The van der Waals surface area contributed by atoms with Gasteiger partial charge in [0.15, 0.2) is 0 Å². The van der Waals surface area contributed by atoms with E-state index in [1.54, 1.807) is 24.3 Å². The van der Waals surface area contributed by atoms with Crippen molar-refractivity contribution in [1.29, 1.82) is 0 Å². The third-order valence-electron chi connectivity index (χ3n) is 3.22. The van der Waals surface area contributed by atoms with E-state index >= 15 is 0 Å². The number of amides is 1. The Morgan fingerprint density at radius 2 is 1.71 bits per heavy atom. The number of benzene rings is 2. The van der Waals surface area contributed by atoms with Crippen LogP contribution in [0.2, 0.25) is 0 Å². The van der Waals surface area contributed by atoms with Gasteiger partial charge in [0.25, 0.3) is 5.91 Å². The van der Waals surface area contributed by atoms with Crippen LogP contribution in [0.4, 0.5) is 5.69 Å². The van der Waals surface area contributed by atoms with Crippen molar-refractivity contribution in [3.8, 4) is 5.75 Å². The first-order valence-corrected chi connectivity index (χ1v) is 8.76. The summed E-state index contributed by atoms with van der Waals surface area (Å²) in [6.45, 7) is 0. The molecule has 21 heavy (non-hydrogen) atoms. The molecule has 1 fully saturated rings. The molecule has 0 unspecified atom stereocenters. The van der Waals surface area contributed by atoms with Crippen LogP contribution in [-0.4, -0.2) is 22.5 Å². The summed E-state index contributed by atoms with van der Waals surface area (Å²) in [7, 11) is 0. The number of phenolic OH excluding ortho intramolecular Hbond substituents is 1. The van der Waals surface area contributed by atoms with Gasteiger partial charge in [-0.15, -0.1) is 23.5 Å². The molecular formula is C16H15NO2S2. The molecule has 0 atom stereocenters. The summed E-state index contributed by atoms with van der Waals surface area (Å²) < 4.78 is 0.486. The first kappa shape index (κ1) is 14.4. The molecule has 0 bridgehead atoms. The quantitative estimate of drug-likeness (QED) is 0.836. The summed E-state index contributed by atoms with van der Waals surface area (Å²) >= 11 is 3.89. The molecule has 3 rings (SSSR count). The molecule has 1 heterocycles. The van der Waals surface area contributed by atoms with Crippen molar-refractivity contribution in [3.05, 3.63) is 59.7 Å². The number of phenols is 1. The molecular weight excluding hydrogens is 302 g/mol. The predicted molar refractivity (Wildman–Crippen MR) is 90.2 cm³/mol. The fourth-order valence-electron chi connectivity index (χ4n) is 2.12. The third-order valence-corrected chi connectivity index (χ3v) is 6.32. The Bertz CT molecular complexity index is 637. The molecule has 1 aliphatic heterocycles. The van der Waals surface area contributed by atoms with Gasteiger partial charge in [0, 0.05) is 17.1 Å². The molecule has 3 nitrogen and oxygen atoms in total. The SMILES string of the molecule is O=C(Nc1ccccc1O)c1ccc(C2SCCS2)cc1. The number of aromatic hydroxyl groups is 1. The number of rotatable bonds is 3. The van der Waals surface area contributed by atoms with Gasteiger partial charge in [0.2, 0.25) is 0 Å². The zero-order chi connectivity index (χ0) is 14.7. The van der Waals surface area contributed by atoms with Crippen molar-refractivity contribution < 1.29 is 9.90 Å². The summed E-state index contributed by atoms with van der Waals surface area (Å²) in [5, 5.41) is 12.4. The Labute approximate surface area is 132 Å². The lowest BCUT2D eigenvalue weighted by Gasteiger charge is -2.10. The van der Waals surface area contributed by atoms with Crippen molar-refractivity contribution >= 4 is 35.1 Å². The molecule has 0 saturated carbocycles. The predicted octanol–water partition coefficient (Wildman–Crippen LogP) is 4.12. The maximum atomic E-state index is 12.2. The molecule has 1 amide bonds. The lowest BCUT2D eigenvalue weighted by molar-refractivity contribution is 0.102. The van der Waals surface area contributed by atoms with E-state index in [1.807, 2.05) is 47.8 Å². The molecule has 1 saturated heterocycles. The zero-order valence-corrected chi connectivity index (χ0v) is 12.9. The van der Waals surface area contributed by atoms with Gasteiger partial charge in [0.05, 0.1) is 10.3 Å². The van der Waals surface area contributed by atoms with Crippen LogP contribution < -0.4 is 5.32 Å². The monoisotopic (exact) mass is 317 g/mol. The van der Waals surface area contributed by atoms with Crippen molar-refractivity contribution in [1.82, 2.24) is 0 Å². The molecule has 1 aliphatic rings. The Morgan fingerprint density at radius 3 is 2.38 bits per heavy atom. The number of carbonyl (C=O) groups excluding carboxylic acids is 1. The fraction of sp³-hybridized carbons (Fsp3) is 0.188. The maximum absolute atomic E-state index is 12.2. The van der Waals surface area contributed by atoms with E-state index in [0.29, 0.717) is 15.8 Å². The van der Waals surface area contributed by atoms with Crippen molar-refractivity contribution in [2.45, 2.75) is 4.58 Å². The van der Waals surface area contributed by atoms with E-state index in [2.05, 4.69) is 5.32 Å². The van der Waals surface area contributed by atoms with Gasteiger partial charge in [-0.2, -0.15) is 0 Å². The van der Waals surface area contributed by atoms with Crippen LogP contribution in [0.15, 0.2) is 48.5 Å². The molecule has 0 aliphatic carbocycles. The molecule has 2 aromatic carbocycles. The second kappa shape index (κ2) is 6.45. The second-order valence-electron chi connectivity index (χ2n) is 4.67. The Kier molecular flexibility index (Phi) is 4.41. The second-order valence-corrected chi connectivity index (χ2v) is 7.39. The lowest BCUT2D eigenvalue weighted by Crippen LogP contribution is -2.11. The average Bonchev–Trinajstić information content (AvgIpc) is 3.04. The normalized spacial score (nSPS) is 15.0. The fourth-order valence-corrected chi connectivity index (χ4v) is 4.98. The number of anilines is 1. The van der Waals surface area contributed by atoms with E-state index in [-0.39, 0.29) is 11.7 Å². The summed E-state index contributed by atoms with van der Waals surface area (Å²) in [6.07, 6.45) is 0. The third kappa shape index (κ3) is 3.36. The van der Waals surface area contributed by atoms with Gasteiger partial charge in [-0.1, -0.05) is 24.3 Å². The number of hydrogen-bond acceptors (Lipinski definition) is 4. The number of thioether (sulfide) groups is 2.